The van der Waals surface area contributed by atoms with Crippen molar-refractivity contribution < 1.29 is 4.79 Å². The average molecular weight is 308 g/mol. The van der Waals surface area contributed by atoms with Gasteiger partial charge in [-0.05, 0) is 18.6 Å². The molecule has 2 aromatic heterocycles. The summed E-state index contributed by atoms with van der Waals surface area (Å²) in [5, 5.41) is 4.60. The van der Waals surface area contributed by atoms with Crippen LogP contribution in [0.25, 0.3) is 5.82 Å². The first-order valence-corrected chi connectivity index (χ1v) is 6.97. The lowest BCUT2D eigenvalue weighted by Crippen LogP contribution is -2.08. The largest absolute Gasteiger partial charge is 0.293 e. The number of rotatable bonds is 5. The van der Waals surface area contributed by atoms with Crippen LogP contribution >= 0.6 is 15.9 Å². The summed E-state index contributed by atoms with van der Waals surface area (Å²) in [6.45, 7) is 2.08. The van der Waals surface area contributed by atoms with Crippen LogP contribution < -0.4 is 0 Å². The van der Waals surface area contributed by atoms with E-state index in [1.165, 1.54) is 0 Å². The van der Waals surface area contributed by atoms with Crippen molar-refractivity contribution in [1.29, 1.82) is 0 Å². The van der Waals surface area contributed by atoms with Gasteiger partial charge < -0.3 is 0 Å². The molecule has 0 N–H and O–H groups in total. The molecule has 0 radical (unpaired) electrons. The molecule has 0 aliphatic carbocycles. The van der Waals surface area contributed by atoms with Crippen molar-refractivity contribution in [2.24, 2.45) is 0 Å². The molecule has 0 aliphatic rings. The average Bonchev–Trinajstić information content (AvgIpc) is 2.83. The molecule has 0 aliphatic heterocycles. The maximum atomic E-state index is 11.8. The predicted octanol–water partition coefficient (Wildman–Crippen LogP) is 2.80. The van der Waals surface area contributed by atoms with Gasteiger partial charge in [-0.1, -0.05) is 35.3 Å². The highest BCUT2D eigenvalue weighted by Crippen LogP contribution is 2.16. The maximum Gasteiger partial charge on any atom is 0.176 e. The Labute approximate surface area is 114 Å². The number of hydrogen-bond donors (Lipinski definition) is 0. The number of carbonyl (C=O) groups is 1. The minimum Gasteiger partial charge on any atom is -0.293 e. The quantitative estimate of drug-likeness (QED) is 0.630. The number of carbonyl (C=O) groups excluding carboxylic acids is 1. The zero-order chi connectivity index (χ0) is 13.0. The molecule has 0 saturated heterocycles. The molecule has 18 heavy (non-hydrogen) atoms. The lowest BCUT2D eigenvalue weighted by Gasteiger charge is -2.06. The van der Waals surface area contributed by atoms with E-state index in [1.54, 1.807) is 17.1 Å². The van der Waals surface area contributed by atoms with Gasteiger partial charge in [0, 0.05) is 6.20 Å². The Bertz CT molecular complexity index is 536. The van der Waals surface area contributed by atoms with Crippen molar-refractivity contribution in [3.05, 3.63) is 41.9 Å². The molecule has 2 heterocycles. The van der Waals surface area contributed by atoms with Crippen LogP contribution in [-0.2, 0) is 6.42 Å². The van der Waals surface area contributed by atoms with Crippen LogP contribution in [0, 0.1) is 0 Å². The molecule has 0 aromatic carbocycles. The van der Waals surface area contributed by atoms with Crippen LogP contribution in [0.5, 0.6) is 0 Å². The molecule has 0 saturated carbocycles. The molecule has 2 aromatic rings. The fraction of sp³-hybridized carbons (Fsp3) is 0.308. The van der Waals surface area contributed by atoms with Gasteiger partial charge in [-0.25, -0.2) is 9.67 Å². The SMILES string of the molecule is CCCc1c(C(=O)CBr)cnn1-c1ccccn1. The first-order chi connectivity index (χ1) is 8.77. The number of pyridine rings is 1. The lowest BCUT2D eigenvalue weighted by atomic mass is 10.1. The first kappa shape index (κ1) is 13.0. The third-order valence-electron chi connectivity index (χ3n) is 2.64. The highest BCUT2D eigenvalue weighted by Gasteiger charge is 2.17. The van der Waals surface area contributed by atoms with Gasteiger partial charge in [-0.2, -0.15) is 5.10 Å². The molecule has 0 atom stereocenters. The summed E-state index contributed by atoms with van der Waals surface area (Å²) in [7, 11) is 0. The number of ketones is 1. The van der Waals surface area contributed by atoms with E-state index >= 15 is 0 Å². The summed E-state index contributed by atoms with van der Waals surface area (Å²) in [6, 6.07) is 5.65. The van der Waals surface area contributed by atoms with Crippen molar-refractivity contribution in [3.8, 4) is 5.82 Å². The second-order valence-electron chi connectivity index (χ2n) is 3.91. The molecule has 94 valence electrons. The Morgan fingerprint density at radius 3 is 2.89 bits per heavy atom. The highest BCUT2D eigenvalue weighted by atomic mass is 79.9. The van der Waals surface area contributed by atoms with Crippen LogP contribution in [-0.4, -0.2) is 25.9 Å². The van der Waals surface area contributed by atoms with Crippen LogP contribution in [0.3, 0.4) is 0 Å². The summed E-state index contributed by atoms with van der Waals surface area (Å²) in [5.74, 6) is 0.801. The van der Waals surface area contributed by atoms with E-state index in [0.29, 0.717) is 10.9 Å². The van der Waals surface area contributed by atoms with E-state index in [-0.39, 0.29) is 5.78 Å². The zero-order valence-electron chi connectivity index (χ0n) is 10.1. The third-order valence-corrected chi connectivity index (χ3v) is 3.15. The molecule has 0 amide bonds. The Morgan fingerprint density at radius 1 is 1.44 bits per heavy atom. The minimum absolute atomic E-state index is 0.0561. The fourth-order valence-corrected chi connectivity index (χ4v) is 2.13. The summed E-state index contributed by atoms with van der Waals surface area (Å²) in [5.41, 5.74) is 1.61. The second-order valence-corrected chi connectivity index (χ2v) is 4.47. The molecular formula is C13H14BrN3O. The number of aromatic nitrogens is 3. The fourth-order valence-electron chi connectivity index (χ4n) is 1.83. The van der Waals surface area contributed by atoms with E-state index in [2.05, 4.69) is 32.9 Å². The van der Waals surface area contributed by atoms with Gasteiger partial charge >= 0.3 is 0 Å². The van der Waals surface area contributed by atoms with E-state index < -0.39 is 0 Å². The number of hydrogen-bond acceptors (Lipinski definition) is 3. The summed E-state index contributed by atoms with van der Waals surface area (Å²) in [4.78, 5) is 16.1. The molecule has 0 fully saturated rings. The topological polar surface area (TPSA) is 47.8 Å². The number of halogens is 1. The van der Waals surface area contributed by atoms with Gasteiger partial charge in [-0.3, -0.25) is 4.79 Å². The van der Waals surface area contributed by atoms with E-state index in [0.717, 1.165) is 24.4 Å². The second kappa shape index (κ2) is 5.91. The van der Waals surface area contributed by atoms with Crippen LogP contribution in [0.15, 0.2) is 30.6 Å². The molecule has 4 nitrogen and oxygen atoms in total. The Hall–Kier alpha value is -1.49. The van der Waals surface area contributed by atoms with Gasteiger partial charge in [0.2, 0.25) is 0 Å². The first-order valence-electron chi connectivity index (χ1n) is 5.85. The van der Waals surface area contributed by atoms with Crippen LogP contribution in [0.4, 0.5) is 0 Å². The molecule has 5 heteroatoms. The predicted molar refractivity (Wildman–Crippen MR) is 73.5 cm³/mol. The molecular weight excluding hydrogens is 294 g/mol. The highest BCUT2D eigenvalue weighted by molar-refractivity contribution is 9.09. The van der Waals surface area contributed by atoms with Gasteiger partial charge in [0.1, 0.15) is 0 Å². The molecule has 0 unspecified atom stereocenters. The van der Waals surface area contributed by atoms with Crippen molar-refractivity contribution in [2.75, 3.05) is 5.33 Å². The monoisotopic (exact) mass is 307 g/mol. The van der Waals surface area contributed by atoms with Crippen LogP contribution in [0.2, 0.25) is 0 Å². The summed E-state index contributed by atoms with van der Waals surface area (Å²) >= 11 is 3.20. The van der Waals surface area contributed by atoms with Gasteiger partial charge in [0.25, 0.3) is 0 Å². The summed E-state index contributed by atoms with van der Waals surface area (Å²) in [6.07, 6.45) is 5.12. The van der Waals surface area contributed by atoms with Crippen molar-refractivity contribution in [1.82, 2.24) is 14.8 Å². The third kappa shape index (κ3) is 2.51. The van der Waals surface area contributed by atoms with E-state index in [4.69, 9.17) is 0 Å². The standard InChI is InChI=1S/C13H14BrN3O/c1-2-5-11-10(12(18)8-14)9-16-17(11)13-6-3-4-7-15-13/h3-4,6-7,9H,2,5,8H2,1H3. The Morgan fingerprint density at radius 2 is 2.28 bits per heavy atom. The zero-order valence-corrected chi connectivity index (χ0v) is 11.7. The smallest absolute Gasteiger partial charge is 0.176 e. The minimum atomic E-state index is 0.0561. The van der Waals surface area contributed by atoms with Crippen molar-refractivity contribution in [2.45, 2.75) is 19.8 Å². The molecule has 0 spiro atoms. The molecule has 2 rings (SSSR count). The van der Waals surface area contributed by atoms with Gasteiger partial charge in [0.05, 0.1) is 22.8 Å². The van der Waals surface area contributed by atoms with E-state index in [9.17, 15) is 4.79 Å². The van der Waals surface area contributed by atoms with Gasteiger partial charge in [-0.15, -0.1) is 0 Å². The summed E-state index contributed by atoms with van der Waals surface area (Å²) < 4.78 is 1.75. The van der Waals surface area contributed by atoms with Crippen LogP contribution in [0.1, 0.15) is 29.4 Å². The number of alkyl halides is 1. The number of nitrogens with zero attached hydrogens (tertiary/aromatic N) is 3. The van der Waals surface area contributed by atoms with E-state index in [1.807, 2.05) is 18.2 Å². The number of Topliss-reactive ketones (excluding diaryl/α,β-unsaturated/α-hetero) is 1. The van der Waals surface area contributed by atoms with Gasteiger partial charge in [0.15, 0.2) is 11.6 Å². The normalized spacial score (nSPS) is 10.6. The Balaban J connectivity index is 2.48. The molecule has 0 bridgehead atoms. The lowest BCUT2D eigenvalue weighted by molar-refractivity contribution is 0.102. The maximum absolute atomic E-state index is 11.8. The Kier molecular flexibility index (Phi) is 4.25. The van der Waals surface area contributed by atoms with Crippen molar-refractivity contribution in [3.63, 3.8) is 0 Å². The van der Waals surface area contributed by atoms with Crippen molar-refractivity contribution >= 4 is 21.7 Å².